The first-order valence-electron chi connectivity index (χ1n) is 11.9. The van der Waals surface area contributed by atoms with Gasteiger partial charge in [0.15, 0.2) is 0 Å². The van der Waals surface area contributed by atoms with E-state index in [1.165, 1.54) is 12.0 Å². The zero-order valence-corrected chi connectivity index (χ0v) is 19.9. The zero-order chi connectivity index (χ0) is 21.5. The number of amides is 3. The Morgan fingerprint density at radius 2 is 1.84 bits per heavy atom. The molecule has 176 valence electrons. The number of halogens is 1. The first-order valence-corrected chi connectivity index (χ1v) is 11.9. The van der Waals surface area contributed by atoms with E-state index in [1.54, 1.807) is 6.20 Å². The van der Waals surface area contributed by atoms with Gasteiger partial charge in [-0.05, 0) is 79.1 Å². The van der Waals surface area contributed by atoms with Gasteiger partial charge in [0.1, 0.15) is 0 Å². The van der Waals surface area contributed by atoms with Crippen LogP contribution < -0.4 is 10.6 Å². The standard InChI is InChI=1S/C24H35N5O2.ClH/c1-23(3-8-25-9-4-23)13-21(30)28-10-5-24(6-11-28)12-20(24)15-27-22(31)29-16-18-2-7-26-14-19(18)17-29;/h2,7,14,20,25H,3-6,8-13,15-17H2,1H3,(H,27,31);1H. The Morgan fingerprint density at radius 3 is 2.56 bits per heavy atom. The first kappa shape index (κ1) is 23.3. The van der Waals surface area contributed by atoms with Crippen molar-refractivity contribution in [2.75, 3.05) is 32.7 Å². The number of nitrogens with zero attached hydrogens (tertiary/aromatic N) is 3. The topological polar surface area (TPSA) is 77.6 Å². The molecule has 1 saturated carbocycles. The molecule has 2 N–H and O–H groups in total. The summed E-state index contributed by atoms with van der Waals surface area (Å²) >= 11 is 0. The molecule has 1 unspecified atom stereocenters. The van der Waals surface area contributed by atoms with Crippen molar-refractivity contribution in [1.82, 2.24) is 25.4 Å². The molecule has 1 aliphatic carbocycles. The van der Waals surface area contributed by atoms with Crippen LogP contribution in [0.4, 0.5) is 4.79 Å². The van der Waals surface area contributed by atoms with E-state index in [0.29, 0.717) is 36.8 Å². The minimum absolute atomic E-state index is 0. The lowest BCUT2D eigenvalue weighted by atomic mass is 9.77. The number of nitrogens with one attached hydrogen (secondary N) is 2. The minimum atomic E-state index is 0. The molecule has 3 aliphatic heterocycles. The Hall–Kier alpha value is -1.86. The zero-order valence-electron chi connectivity index (χ0n) is 19.1. The second-order valence-corrected chi connectivity index (χ2v) is 10.6. The molecule has 3 fully saturated rings. The normalized spacial score (nSPS) is 25.1. The second kappa shape index (κ2) is 9.18. The van der Waals surface area contributed by atoms with Gasteiger partial charge in [-0.15, -0.1) is 12.4 Å². The molecule has 1 atom stereocenters. The number of fused-ring (bicyclic) bond motifs is 1. The highest BCUT2D eigenvalue weighted by molar-refractivity contribution is 5.85. The van der Waals surface area contributed by atoms with Crippen LogP contribution in [0, 0.1) is 16.7 Å². The van der Waals surface area contributed by atoms with Crippen molar-refractivity contribution in [2.24, 2.45) is 16.7 Å². The molecule has 0 bridgehead atoms. The first-order chi connectivity index (χ1) is 15.0. The van der Waals surface area contributed by atoms with Crippen LogP contribution in [0.2, 0.25) is 0 Å². The van der Waals surface area contributed by atoms with Crippen LogP contribution in [0.25, 0.3) is 0 Å². The molecule has 32 heavy (non-hydrogen) atoms. The third-order valence-electron chi connectivity index (χ3n) is 8.37. The molecule has 1 aromatic rings. The molecule has 2 saturated heterocycles. The summed E-state index contributed by atoms with van der Waals surface area (Å²) in [6, 6.07) is 2.03. The monoisotopic (exact) mass is 461 g/mol. The van der Waals surface area contributed by atoms with Gasteiger partial charge >= 0.3 is 6.03 Å². The van der Waals surface area contributed by atoms with E-state index in [-0.39, 0.29) is 23.9 Å². The molecule has 5 rings (SSSR count). The molecule has 0 aromatic carbocycles. The number of carbonyl (C=O) groups is 2. The molecule has 4 aliphatic rings. The number of pyridine rings is 1. The van der Waals surface area contributed by atoms with Gasteiger partial charge in [0.25, 0.3) is 0 Å². The van der Waals surface area contributed by atoms with Crippen molar-refractivity contribution in [3.05, 3.63) is 29.6 Å². The highest BCUT2D eigenvalue weighted by Crippen LogP contribution is 2.59. The Kier molecular flexibility index (Phi) is 6.68. The maximum atomic E-state index is 12.9. The third kappa shape index (κ3) is 4.74. The summed E-state index contributed by atoms with van der Waals surface area (Å²) in [4.78, 5) is 33.6. The van der Waals surface area contributed by atoms with Gasteiger partial charge in [-0.2, -0.15) is 0 Å². The van der Waals surface area contributed by atoms with Crippen LogP contribution in [0.5, 0.6) is 0 Å². The summed E-state index contributed by atoms with van der Waals surface area (Å²) in [6.45, 7) is 8.16. The molecule has 1 aromatic heterocycles. The molecular formula is C24H36ClN5O2. The summed E-state index contributed by atoms with van der Waals surface area (Å²) in [7, 11) is 0. The SMILES string of the molecule is CC1(CC(=O)N2CCC3(CC2)CC3CNC(=O)N2Cc3ccncc3C2)CCNCC1.Cl. The smallest absolute Gasteiger partial charge is 0.318 e. The van der Waals surface area contributed by atoms with E-state index >= 15 is 0 Å². The van der Waals surface area contributed by atoms with E-state index < -0.39 is 0 Å². The Balaban J connectivity index is 0.00000245. The van der Waals surface area contributed by atoms with E-state index in [2.05, 4.69) is 27.4 Å². The maximum Gasteiger partial charge on any atom is 0.318 e. The average Bonchev–Trinajstić information content (AvgIpc) is 3.24. The van der Waals surface area contributed by atoms with Crippen LogP contribution in [0.15, 0.2) is 18.5 Å². The summed E-state index contributed by atoms with van der Waals surface area (Å²) < 4.78 is 0. The number of urea groups is 1. The molecule has 1 spiro atoms. The fourth-order valence-corrected chi connectivity index (χ4v) is 5.90. The number of hydrogen-bond donors (Lipinski definition) is 2. The van der Waals surface area contributed by atoms with Crippen molar-refractivity contribution < 1.29 is 9.59 Å². The lowest BCUT2D eigenvalue weighted by Gasteiger charge is -2.38. The Labute approximate surface area is 197 Å². The van der Waals surface area contributed by atoms with Gasteiger partial charge in [0, 0.05) is 51.5 Å². The van der Waals surface area contributed by atoms with Gasteiger partial charge in [-0.25, -0.2) is 4.79 Å². The average molecular weight is 462 g/mol. The number of aromatic nitrogens is 1. The summed E-state index contributed by atoms with van der Waals surface area (Å²) in [5.41, 5.74) is 2.86. The molecular weight excluding hydrogens is 426 g/mol. The van der Waals surface area contributed by atoms with E-state index in [4.69, 9.17) is 0 Å². The van der Waals surface area contributed by atoms with Crippen molar-refractivity contribution in [2.45, 2.75) is 58.5 Å². The fourth-order valence-electron chi connectivity index (χ4n) is 5.90. The minimum Gasteiger partial charge on any atom is -0.343 e. The summed E-state index contributed by atoms with van der Waals surface area (Å²) in [5.74, 6) is 0.898. The van der Waals surface area contributed by atoms with E-state index in [1.807, 2.05) is 17.2 Å². The van der Waals surface area contributed by atoms with Gasteiger partial charge in [-0.3, -0.25) is 9.78 Å². The van der Waals surface area contributed by atoms with Crippen molar-refractivity contribution in [3.63, 3.8) is 0 Å². The van der Waals surface area contributed by atoms with Crippen molar-refractivity contribution in [1.29, 1.82) is 0 Å². The summed E-state index contributed by atoms with van der Waals surface area (Å²) in [6.07, 6.45) is 9.87. The van der Waals surface area contributed by atoms with Gasteiger partial charge in [0.2, 0.25) is 5.91 Å². The number of hydrogen-bond acceptors (Lipinski definition) is 4. The van der Waals surface area contributed by atoms with Crippen molar-refractivity contribution >= 4 is 24.3 Å². The Morgan fingerprint density at radius 1 is 1.12 bits per heavy atom. The van der Waals surface area contributed by atoms with Crippen LogP contribution in [0.1, 0.15) is 56.6 Å². The molecule has 0 radical (unpaired) electrons. The molecule has 3 amide bonds. The molecule has 7 nitrogen and oxygen atoms in total. The Bertz CT molecular complexity index is 824. The number of carbonyl (C=O) groups excluding carboxylic acids is 2. The molecule has 4 heterocycles. The number of rotatable bonds is 4. The maximum absolute atomic E-state index is 12.9. The third-order valence-corrected chi connectivity index (χ3v) is 8.37. The lowest BCUT2D eigenvalue weighted by molar-refractivity contribution is -0.135. The second-order valence-electron chi connectivity index (χ2n) is 10.6. The number of likely N-dealkylation sites (tertiary alicyclic amines) is 1. The van der Waals surface area contributed by atoms with Crippen LogP contribution in [-0.4, -0.2) is 59.4 Å². The van der Waals surface area contributed by atoms with E-state index in [0.717, 1.165) is 64.0 Å². The fraction of sp³-hybridized carbons (Fsp3) is 0.708. The summed E-state index contributed by atoms with van der Waals surface area (Å²) in [5, 5.41) is 6.56. The largest absolute Gasteiger partial charge is 0.343 e. The highest BCUT2D eigenvalue weighted by atomic mass is 35.5. The number of piperidine rings is 2. The van der Waals surface area contributed by atoms with E-state index in [9.17, 15) is 9.59 Å². The lowest BCUT2D eigenvalue weighted by Crippen LogP contribution is -2.44. The predicted octanol–water partition coefficient (Wildman–Crippen LogP) is 2.94. The van der Waals surface area contributed by atoms with Crippen LogP contribution in [-0.2, 0) is 17.9 Å². The van der Waals surface area contributed by atoms with Gasteiger partial charge in [-0.1, -0.05) is 6.92 Å². The predicted molar refractivity (Wildman–Crippen MR) is 125 cm³/mol. The highest BCUT2D eigenvalue weighted by Gasteiger charge is 2.55. The van der Waals surface area contributed by atoms with Gasteiger partial charge in [0.05, 0.1) is 0 Å². The quantitative estimate of drug-likeness (QED) is 0.722. The van der Waals surface area contributed by atoms with Crippen LogP contribution in [0.3, 0.4) is 0 Å². The van der Waals surface area contributed by atoms with Crippen molar-refractivity contribution in [3.8, 4) is 0 Å². The van der Waals surface area contributed by atoms with Gasteiger partial charge < -0.3 is 20.4 Å². The molecule has 8 heteroatoms. The van der Waals surface area contributed by atoms with Crippen LogP contribution >= 0.6 is 12.4 Å².